The normalized spacial score (nSPS) is 11.9. The maximum Gasteiger partial charge on any atom is 0.190 e. The van der Waals surface area contributed by atoms with Gasteiger partial charge in [-0.1, -0.05) is 24.3 Å². The van der Waals surface area contributed by atoms with Crippen LogP contribution in [-0.2, 0) is 13.0 Å². The van der Waals surface area contributed by atoms with Gasteiger partial charge in [-0.05, 0) is 44.0 Å². The van der Waals surface area contributed by atoms with Crippen molar-refractivity contribution in [3.05, 3.63) is 75.3 Å². The first-order valence-corrected chi connectivity index (χ1v) is 8.69. The third-order valence-electron chi connectivity index (χ3n) is 3.96. The summed E-state index contributed by atoms with van der Waals surface area (Å²) in [5.41, 5.74) is 5.88. The van der Waals surface area contributed by atoms with Crippen LogP contribution in [0.15, 0.2) is 53.0 Å². The van der Waals surface area contributed by atoms with Gasteiger partial charge < -0.3 is 4.57 Å². The fraction of sp³-hybridized carbons (Fsp3) is 0.263. The Bertz CT molecular complexity index is 840. The van der Waals surface area contributed by atoms with Gasteiger partial charge in [-0.2, -0.15) is 0 Å². The first-order chi connectivity index (χ1) is 11.1. The van der Waals surface area contributed by atoms with Gasteiger partial charge in [0.15, 0.2) is 4.80 Å². The van der Waals surface area contributed by atoms with Crippen LogP contribution in [0.5, 0.6) is 0 Å². The number of benzene rings is 1. The van der Waals surface area contributed by atoms with E-state index in [1.807, 2.05) is 18.3 Å². The summed E-state index contributed by atoms with van der Waals surface area (Å²) >= 11 is 1.70. The van der Waals surface area contributed by atoms with E-state index in [-0.39, 0.29) is 0 Å². The van der Waals surface area contributed by atoms with E-state index in [1.54, 1.807) is 11.3 Å². The number of nitrogens with zero attached hydrogens (tertiary/aromatic N) is 3. The Morgan fingerprint density at radius 2 is 1.83 bits per heavy atom. The molecule has 2 heterocycles. The van der Waals surface area contributed by atoms with Crippen molar-refractivity contribution in [2.24, 2.45) is 4.99 Å². The zero-order valence-electron chi connectivity index (χ0n) is 13.8. The van der Waals surface area contributed by atoms with Crippen LogP contribution in [-0.4, -0.2) is 9.55 Å². The number of aryl methyl sites for hydroxylation is 4. The minimum absolute atomic E-state index is 0.899. The summed E-state index contributed by atoms with van der Waals surface area (Å²) in [7, 11) is 0. The molecule has 0 N–H and O–H groups in total. The van der Waals surface area contributed by atoms with E-state index >= 15 is 0 Å². The molecule has 0 bridgehead atoms. The van der Waals surface area contributed by atoms with Crippen LogP contribution in [0.1, 0.15) is 22.5 Å². The molecule has 1 aromatic carbocycles. The van der Waals surface area contributed by atoms with Gasteiger partial charge in [-0.15, -0.1) is 11.3 Å². The second-order valence-electron chi connectivity index (χ2n) is 5.73. The van der Waals surface area contributed by atoms with Crippen molar-refractivity contribution in [1.29, 1.82) is 0 Å². The first-order valence-electron chi connectivity index (χ1n) is 7.81. The van der Waals surface area contributed by atoms with E-state index < -0.39 is 0 Å². The minimum atomic E-state index is 0.899. The predicted molar refractivity (Wildman–Crippen MR) is 96.1 cm³/mol. The fourth-order valence-electron chi connectivity index (χ4n) is 2.62. The van der Waals surface area contributed by atoms with Crippen LogP contribution in [0.3, 0.4) is 0 Å². The third-order valence-corrected chi connectivity index (χ3v) is 4.94. The molecular formula is C19H21N3S. The van der Waals surface area contributed by atoms with E-state index in [2.05, 4.69) is 60.0 Å². The standard InChI is InChI=1S/C19H21N3S/c1-14-7-6-8-15(2)18(14)21-19-22(16(3)13-23-19)12-10-17-9-4-5-11-20-17/h4-9,11,13H,10,12H2,1-3H3. The molecule has 0 saturated carbocycles. The zero-order chi connectivity index (χ0) is 16.2. The van der Waals surface area contributed by atoms with Crippen LogP contribution in [0.25, 0.3) is 0 Å². The topological polar surface area (TPSA) is 30.2 Å². The zero-order valence-corrected chi connectivity index (χ0v) is 14.6. The number of thiazole rings is 1. The van der Waals surface area contributed by atoms with Gasteiger partial charge in [0, 0.05) is 35.9 Å². The van der Waals surface area contributed by atoms with Gasteiger partial charge in [0.05, 0.1) is 5.69 Å². The second-order valence-corrected chi connectivity index (χ2v) is 6.57. The van der Waals surface area contributed by atoms with Gasteiger partial charge in [-0.3, -0.25) is 4.98 Å². The summed E-state index contributed by atoms with van der Waals surface area (Å²) < 4.78 is 2.28. The molecule has 3 rings (SSSR count). The summed E-state index contributed by atoms with van der Waals surface area (Å²) in [5, 5.41) is 2.17. The van der Waals surface area contributed by atoms with Crippen molar-refractivity contribution in [2.45, 2.75) is 33.7 Å². The van der Waals surface area contributed by atoms with Crippen LogP contribution in [0.4, 0.5) is 5.69 Å². The Morgan fingerprint density at radius 1 is 1.04 bits per heavy atom. The lowest BCUT2D eigenvalue weighted by Gasteiger charge is -2.07. The molecule has 0 aliphatic carbocycles. The van der Waals surface area contributed by atoms with Crippen LogP contribution in [0, 0.1) is 20.8 Å². The Balaban J connectivity index is 1.94. The maximum absolute atomic E-state index is 4.93. The van der Waals surface area contributed by atoms with Crippen molar-refractivity contribution >= 4 is 17.0 Å². The molecule has 0 fully saturated rings. The summed E-state index contributed by atoms with van der Waals surface area (Å²) in [6, 6.07) is 12.4. The fourth-order valence-corrected chi connectivity index (χ4v) is 3.53. The quantitative estimate of drug-likeness (QED) is 0.702. The highest BCUT2D eigenvalue weighted by molar-refractivity contribution is 7.07. The van der Waals surface area contributed by atoms with Crippen molar-refractivity contribution in [2.75, 3.05) is 0 Å². The average molecular weight is 323 g/mol. The Kier molecular flexibility index (Phi) is 4.72. The molecule has 0 aliphatic heterocycles. The Morgan fingerprint density at radius 3 is 2.52 bits per heavy atom. The molecule has 3 aromatic rings. The van der Waals surface area contributed by atoms with Gasteiger partial charge in [0.25, 0.3) is 0 Å². The largest absolute Gasteiger partial charge is 0.321 e. The molecule has 0 atom stereocenters. The molecule has 0 aliphatic rings. The van der Waals surface area contributed by atoms with Crippen molar-refractivity contribution in [3.63, 3.8) is 0 Å². The number of hydrogen-bond donors (Lipinski definition) is 0. The average Bonchev–Trinajstić information content (AvgIpc) is 2.90. The molecule has 0 unspecified atom stereocenters. The third kappa shape index (κ3) is 3.59. The molecule has 0 radical (unpaired) electrons. The summed E-state index contributed by atoms with van der Waals surface area (Å²) in [4.78, 5) is 10.4. The van der Waals surface area contributed by atoms with E-state index in [9.17, 15) is 0 Å². The van der Waals surface area contributed by atoms with E-state index in [0.29, 0.717) is 0 Å². The lowest BCUT2D eigenvalue weighted by atomic mass is 10.1. The van der Waals surface area contributed by atoms with Crippen LogP contribution >= 0.6 is 11.3 Å². The number of para-hydroxylation sites is 1. The summed E-state index contributed by atoms with van der Waals surface area (Å²) in [5.74, 6) is 0. The smallest absolute Gasteiger partial charge is 0.190 e. The van der Waals surface area contributed by atoms with Gasteiger partial charge >= 0.3 is 0 Å². The lowest BCUT2D eigenvalue weighted by Crippen LogP contribution is -2.18. The molecule has 4 heteroatoms. The minimum Gasteiger partial charge on any atom is -0.321 e. The molecule has 2 aromatic heterocycles. The first kappa shape index (κ1) is 15.7. The number of rotatable bonds is 4. The molecular weight excluding hydrogens is 302 g/mol. The highest BCUT2D eigenvalue weighted by Gasteiger charge is 2.05. The summed E-state index contributed by atoms with van der Waals surface area (Å²) in [6.45, 7) is 7.27. The monoisotopic (exact) mass is 323 g/mol. The van der Waals surface area contributed by atoms with E-state index in [0.717, 1.165) is 29.1 Å². The van der Waals surface area contributed by atoms with E-state index in [1.165, 1.54) is 16.8 Å². The highest BCUT2D eigenvalue weighted by Crippen LogP contribution is 2.22. The lowest BCUT2D eigenvalue weighted by molar-refractivity contribution is 0.650. The number of aromatic nitrogens is 2. The summed E-state index contributed by atoms with van der Waals surface area (Å²) in [6.07, 6.45) is 2.76. The Hall–Kier alpha value is -2.20. The Labute approximate surface area is 141 Å². The van der Waals surface area contributed by atoms with Crippen molar-refractivity contribution in [3.8, 4) is 0 Å². The van der Waals surface area contributed by atoms with Gasteiger partial charge in [0.1, 0.15) is 0 Å². The van der Waals surface area contributed by atoms with Crippen molar-refractivity contribution < 1.29 is 0 Å². The number of hydrogen-bond acceptors (Lipinski definition) is 3. The number of pyridine rings is 1. The highest BCUT2D eigenvalue weighted by atomic mass is 32.1. The van der Waals surface area contributed by atoms with Crippen LogP contribution in [0.2, 0.25) is 0 Å². The van der Waals surface area contributed by atoms with Crippen molar-refractivity contribution in [1.82, 2.24) is 9.55 Å². The molecule has 118 valence electrons. The maximum atomic E-state index is 4.93. The molecule has 0 saturated heterocycles. The molecule has 23 heavy (non-hydrogen) atoms. The predicted octanol–water partition coefficient (Wildman–Crippen LogP) is 4.34. The molecule has 3 nitrogen and oxygen atoms in total. The van der Waals surface area contributed by atoms with E-state index in [4.69, 9.17) is 4.99 Å². The molecule has 0 spiro atoms. The second kappa shape index (κ2) is 6.92. The van der Waals surface area contributed by atoms with Gasteiger partial charge in [0.2, 0.25) is 0 Å². The van der Waals surface area contributed by atoms with Crippen LogP contribution < -0.4 is 4.80 Å². The molecule has 0 amide bonds. The van der Waals surface area contributed by atoms with Gasteiger partial charge in [-0.25, -0.2) is 4.99 Å². The SMILES string of the molecule is Cc1cccc(C)c1N=c1scc(C)n1CCc1ccccn1.